The van der Waals surface area contributed by atoms with Gasteiger partial charge in [0, 0.05) is 23.3 Å². The van der Waals surface area contributed by atoms with Crippen molar-refractivity contribution in [1.29, 1.82) is 0 Å². The van der Waals surface area contributed by atoms with Gasteiger partial charge in [0.05, 0.1) is 6.61 Å². The maximum atomic E-state index is 6.17. The maximum absolute atomic E-state index is 6.17. The maximum Gasteiger partial charge on any atom is 0.121 e. The summed E-state index contributed by atoms with van der Waals surface area (Å²) in [7, 11) is 0. The van der Waals surface area contributed by atoms with Crippen molar-refractivity contribution in [2.75, 3.05) is 25.1 Å². The Kier molecular flexibility index (Phi) is 6.80. The summed E-state index contributed by atoms with van der Waals surface area (Å²) in [5.74, 6) is 2.25. The van der Waals surface area contributed by atoms with Crippen LogP contribution in [-0.2, 0) is 0 Å². The quantitative estimate of drug-likeness (QED) is 0.641. The lowest BCUT2D eigenvalue weighted by Crippen LogP contribution is -2.12. The van der Waals surface area contributed by atoms with Gasteiger partial charge in [0.15, 0.2) is 0 Å². The molecule has 0 unspecified atom stereocenters. The first-order chi connectivity index (χ1) is 11.5. The highest BCUT2D eigenvalue weighted by atomic mass is 35.5. The fraction of sp³-hybridized carbons (Fsp3) is 0.400. The normalized spacial score (nSPS) is 10.8. The number of ether oxygens (including phenoxy) is 2. The van der Waals surface area contributed by atoms with Gasteiger partial charge in [-0.1, -0.05) is 31.5 Å². The molecule has 0 aliphatic carbocycles. The van der Waals surface area contributed by atoms with E-state index in [1.54, 1.807) is 0 Å². The van der Waals surface area contributed by atoms with Crippen molar-refractivity contribution >= 4 is 17.3 Å². The van der Waals surface area contributed by atoms with Crippen molar-refractivity contribution < 1.29 is 9.47 Å². The minimum Gasteiger partial charge on any atom is -0.493 e. The molecule has 0 radical (unpaired) electrons. The van der Waals surface area contributed by atoms with Crippen molar-refractivity contribution in [1.82, 2.24) is 0 Å². The van der Waals surface area contributed by atoms with Gasteiger partial charge >= 0.3 is 0 Å². The van der Waals surface area contributed by atoms with Crippen LogP contribution in [0.5, 0.6) is 11.5 Å². The molecule has 130 valence electrons. The van der Waals surface area contributed by atoms with Crippen molar-refractivity contribution in [2.24, 2.45) is 5.92 Å². The average Bonchev–Trinajstić information content (AvgIpc) is 2.55. The molecule has 0 saturated carbocycles. The lowest BCUT2D eigenvalue weighted by Gasteiger charge is -2.12. The van der Waals surface area contributed by atoms with Crippen LogP contribution in [-0.4, -0.2) is 19.8 Å². The number of hydrogen-bond acceptors (Lipinski definition) is 3. The smallest absolute Gasteiger partial charge is 0.121 e. The number of halogens is 1. The number of anilines is 1. The van der Waals surface area contributed by atoms with Crippen LogP contribution < -0.4 is 14.8 Å². The Morgan fingerprint density at radius 3 is 2.38 bits per heavy atom. The van der Waals surface area contributed by atoms with E-state index in [2.05, 4.69) is 19.2 Å². The van der Waals surface area contributed by atoms with E-state index in [4.69, 9.17) is 21.1 Å². The molecule has 2 rings (SSSR count). The molecule has 0 aromatic heterocycles. The van der Waals surface area contributed by atoms with Gasteiger partial charge in [-0.3, -0.25) is 0 Å². The van der Waals surface area contributed by atoms with Gasteiger partial charge in [-0.2, -0.15) is 0 Å². The van der Waals surface area contributed by atoms with Crippen LogP contribution in [0.3, 0.4) is 0 Å². The van der Waals surface area contributed by atoms with E-state index < -0.39 is 0 Å². The largest absolute Gasteiger partial charge is 0.493 e. The fourth-order valence-electron chi connectivity index (χ4n) is 2.31. The Morgan fingerprint density at radius 2 is 1.71 bits per heavy atom. The summed E-state index contributed by atoms with van der Waals surface area (Å²) in [5, 5.41) is 4.16. The minimum absolute atomic E-state index is 0.515. The molecular weight excluding hydrogens is 322 g/mol. The van der Waals surface area contributed by atoms with Crippen LogP contribution in [0.25, 0.3) is 0 Å². The SMILES string of the molecule is Cc1cc(OCCNc2cccc(OCC(C)C)c2)cc(C)c1Cl. The van der Waals surface area contributed by atoms with Crippen LogP contribution in [0.4, 0.5) is 5.69 Å². The first kappa shape index (κ1) is 18.5. The van der Waals surface area contributed by atoms with E-state index in [1.165, 1.54) is 0 Å². The lowest BCUT2D eigenvalue weighted by atomic mass is 10.1. The molecule has 2 aromatic rings. The van der Waals surface area contributed by atoms with Gasteiger partial charge in [0.1, 0.15) is 18.1 Å². The predicted octanol–water partition coefficient (Wildman–Crippen LogP) is 5.48. The monoisotopic (exact) mass is 347 g/mol. The second-order valence-electron chi connectivity index (χ2n) is 6.38. The molecule has 0 bridgehead atoms. The zero-order chi connectivity index (χ0) is 17.5. The van der Waals surface area contributed by atoms with E-state index in [-0.39, 0.29) is 0 Å². The molecule has 2 aromatic carbocycles. The van der Waals surface area contributed by atoms with Gasteiger partial charge < -0.3 is 14.8 Å². The van der Waals surface area contributed by atoms with Gasteiger partial charge in [0.2, 0.25) is 0 Å². The summed E-state index contributed by atoms with van der Waals surface area (Å²) >= 11 is 6.17. The average molecular weight is 348 g/mol. The topological polar surface area (TPSA) is 30.5 Å². The zero-order valence-corrected chi connectivity index (χ0v) is 15.6. The molecule has 0 aliphatic rings. The third-order valence-electron chi connectivity index (χ3n) is 3.53. The Morgan fingerprint density at radius 1 is 1.00 bits per heavy atom. The standard InChI is InChI=1S/C20H26ClNO2/c1-14(2)13-24-18-7-5-6-17(12-18)22-8-9-23-19-10-15(3)20(21)16(4)11-19/h5-7,10-12,14,22H,8-9,13H2,1-4H3. The van der Waals surface area contributed by atoms with Crippen LogP contribution in [0.1, 0.15) is 25.0 Å². The molecule has 0 spiro atoms. The summed E-state index contributed by atoms with van der Waals surface area (Å²) in [6.45, 7) is 10.3. The van der Waals surface area contributed by atoms with Crippen LogP contribution in [0.2, 0.25) is 5.02 Å². The summed E-state index contributed by atoms with van der Waals surface area (Å²) in [5.41, 5.74) is 3.10. The van der Waals surface area contributed by atoms with Crippen LogP contribution in [0.15, 0.2) is 36.4 Å². The first-order valence-corrected chi connectivity index (χ1v) is 8.70. The molecule has 0 atom stereocenters. The third-order valence-corrected chi connectivity index (χ3v) is 4.12. The molecular formula is C20H26ClNO2. The summed E-state index contributed by atoms with van der Waals surface area (Å²) in [4.78, 5) is 0. The zero-order valence-electron chi connectivity index (χ0n) is 14.9. The Bertz CT molecular complexity index is 647. The third kappa shape index (κ3) is 5.64. The molecule has 3 nitrogen and oxygen atoms in total. The number of hydrogen-bond donors (Lipinski definition) is 1. The second-order valence-corrected chi connectivity index (χ2v) is 6.76. The van der Waals surface area contributed by atoms with E-state index in [1.807, 2.05) is 50.2 Å². The molecule has 0 aliphatic heterocycles. The molecule has 1 N–H and O–H groups in total. The second kappa shape index (κ2) is 8.84. The van der Waals surface area contributed by atoms with Gasteiger partial charge in [-0.15, -0.1) is 0 Å². The molecule has 0 fully saturated rings. The molecule has 24 heavy (non-hydrogen) atoms. The van der Waals surface area contributed by atoms with Crippen molar-refractivity contribution in [3.8, 4) is 11.5 Å². The van der Waals surface area contributed by atoms with Crippen molar-refractivity contribution in [2.45, 2.75) is 27.7 Å². The number of aryl methyl sites for hydroxylation is 2. The minimum atomic E-state index is 0.515. The lowest BCUT2D eigenvalue weighted by molar-refractivity contribution is 0.271. The van der Waals surface area contributed by atoms with Crippen molar-refractivity contribution in [3.05, 3.63) is 52.5 Å². The first-order valence-electron chi connectivity index (χ1n) is 8.32. The molecule has 4 heteroatoms. The Balaban J connectivity index is 1.81. The van der Waals surface area contributed by atoms with E-state index >= 15 is 0 Å². The van der Waals surface area contributed by atoms with Gasteiger partial charge in [0.25, 0.3) is 0 Å². The van der Waals surface area contributed by atoms with Gasteiger partial charge in [-0.05, 0) is 55.2 Å². The Labute approximate surface area is 149 Å². The highest BCUT2D eigenvalue weighted by molar-refractivity contribution is 6.32. The summed E-state index contributed by atoms with van der Waals surface area (Å²) in [6.07, 6.45) is 0. The highest BCUT2D eigenvalue weighted by Crippen LogP contribution is 2.25. The number of benzene rings is 2. The molecule has 0 heterocycles. The van der Waals surface area contributed by atoms with Crippen molar-refractivity contribution in [3.63, 3.8) is 0 Å². The molecule has 0 amide bonds. The highest BCUT2D eigenvalue weighted by Gasteiger charge is 2.04. The van der Waals surface area contributed by atoms with Crippen LogP contribution >= 0.6 is 11.6 Å². The number of rotatable bonds is 8. The number of nitrogens with one attached hydrogen (secondary N) is 1. The fourth-order valence-corrected chi connectivity index (χ4v) is 2.42. The van der Waals surface area contributed by atoms with E-state index in [0.717, 1.165) is 39.9 Å². The van der Waals surface area contributed by atoms with E-state index in [0.29, 0.717) is 19.1 Å². The van der Waals surface area contributed by atoms with Crippen LogP contribution in [0, 0.1) is 19.8 Å². The predicted molar refractivity (Wildman–Crippen MR) is 102 cm³/mol. The molecule has 0 saturated heterocycles. The summed E-state index contributed by atoms with van der Waals surface area (Å²) in [6, 6.07) is 11.9. The Hall–Kier alpha value is -1.87. The van der Waals surface area contributed by atoms with Gasteiger partial charge in [-0.25, -0.2) is 0 Å². The summed E-state index contributed by atoms with van der Waals surface area (Å²) < 4.78 is 11.5. The van der Waals surface area contributed by atoms with E-state index in [9.17, 15) is 0 Å².